The van der Waals surface area contributed by atoms with Crippen molar-refractivity contribution in [3.05, 3.63) is 50.7 Å². The van der Waals surface area contributed by atoms with Gasteiger partial charge in [-0.15, -0.1) is 0 Å². The Morgan fingerprint density at radius 3 is 2.76 bits per heavy atom. The first kappa shape index (κ1) is 16.5. The number of halogens is 2. The third kappa shape index (κ3) is 3.68. The number of likely N-dealkylation sites (N-methyl/N-ethyl adjacent to an activating group) is 1. The number of hydrogen-bond donors (Lipinski definition) is 1. The Labute approximate surface area is 139 Å². The molecule has 2 aromatic rings. The van der Waals surface area contributed by atoms with Crippen molar-refractivity contribution < 1.29 is 0 Å². The largest absolute Gasteiger partial charge is 0.313 e. The lowest BCUT2D eigenvalue weighted by Crippen LogP contribution is -2.21. The minimum absolute atomic E-state index is 0.168. The van der Waals surface area contributed by atoms with Crippen LogP contribution in [0.2, 0.25) is 5.02 Å². The van der Waals surface area contributed by atoms with E-state index in [0.717, 1.165) is 40.1 Å². The summed E-state index contributed by atoms with van der Waals surface area (Å²) in [6, 6.07) is 8.41. The predicted octanol–water partition coefficient (Wildman–Crippen LogP) is 4.38. The minimum atomic E-state index is 0.168. The molecule has 114 valence electrons. The number of rotatable bonds is 6. The Balaban J connectivity index is 2.31. The number of nitrogens with zero attached hydrogens (tertiary/aromatic N) is 2. The third-order valence-electron chi connectivity index (χ3n) is 3.69. The summed E-state index contributed by atoms with van der Waals surface area (Å²) in [7, 11) is 1.97. The van der Waals surface area contributed by atoms with Crippen LogP contribution in [0.3, 0.4) is 0 Å². The molecule has 0 spiro atoms. The average Bonchev–Trinajstić information content (AvgIpc) is 2.90. The maximum absolute atomic E-state index is 6.43. The summed E-state index contributed by atoms with van der Waals surface area (Å²) in [6.07, 6.45) is 1.83. The van der Waals surface area contributed by atoms with E-state index >= 15 is 0 Å². The summed E-state index contributed by atoms with van der Waals surface area (Å²) in [4.78, 5) is 0. The zero-order chi connectivity index (χ0) is 15.4. The van der Waals surface area contributed by atoms with Crippen molar-refractivity contribution in [3.63, 3.8) is 0 Å². The molecule has 0 saturated carbocycles. The molecular weight excluding hydrogens is 350 g/mol. The molecule has 3 nitrogen and oxygen atoms in total. The van der Waals surface area contributed by atoms with Crippen molar-refractivity contribution in [1.82, 2.24) is 15.1 Å². The van der Waals surface area contributed by atoms with E-state index in [-0.39, 0.29) is 6.04 Å². The van der Waals surface area contributed by atoms with Gasteiger partial charge in [0.15, 0.2) is 0 Å². The summed E-state index contributed by atoms with van der Waals surface area (Å²) in [6.45, 7) is 5.14. The first-order valence-electron chi connectivity index (χ1n) is 7.27. The van der Waals surface area contributed by atoms with E-state index in [0.29, 0.717) is 0 Å². The van der Waals surface area contributed by atoms with Gasteiger partial charge in [0, 0.05) is 29.2 Å². The molecule has 2 rings (SSSR count). The maximum Gasteiger partial charge on any atom is 0.0624 e. The first-order chi connectivity index (χ1) is 10.1. The van der Waals surface area contributed by atoms with Gasteiger partial charge in [-0.05, 0) is 54.0 Å². The van der Waals surface area contributed by atoms with Crippen LogP contribution in [0.1, 0.15) is 36.8 Å². The molecule has 1 unspecified atom stereocenters. The van der Waals surface area contributed by atoms with Gasteiger partial charge < -0.3 is 5.32 Å². The first-order valence-corrected chi connectivity index (χ1v) is 8.44. The number of aryl methyl sites for hydroxylation is 2. The molecule has 0 radical (unpaired) electrons. The summed E-state index contributed by atoms with van der Waals surface area (Å²) in [5, 5.41) is 8.76. The molecule has 1 heterocycles. The quantitative estimate of drug-likeness (QED) is 0.817. The van der Waals surface area contributed by atoms with Crippen LogP contribution in [0.4, 0.5) is 0 Å². The fourth-order valence-corrected chi connectivity index (χ4v) is 3.13. The minimum Gasteiger partial charge on any atom is -0.313 e. The van der Waals surface area contributed by atoms with Gasteiger partial charge in [-0.2, -0.15) is 5.10 Å². The second-order valence-electron chi connectivity index (χ2n) is 4.98. The summed E-state index contributed by atoms with van der Waals surface area (Å²) in [5.41, 5.74) is 3.49. The van der Waals surface area contributed by atoms with E-state index in [2.05, 4.69) is 57.0 Å². The van der Waals surface area contributed by atoms with E-state index in [1.165, 1.54) is 5.69 Å². The lowest BCUT2D eigenvalue weighted by atomic mass is 10.0. The molecule has 0 aliphatic rings. The van der Waals surface area contributed by atoms with Crippen molar-refractivity contribution in [1.29, 1.82) is 0 Å². The number of hydrogen-bond acceptors (Lipinski definition) is 2. The summed E-state index contributed by atoms with van der Waals surface area (Å²) in [5.74, 6) is 0. The van der Waals surface area contributed by atoms with Crippen LogP contribution in [0.15, 0.2) is 28.7 Å². The third-order valence-corrected chi connectivity index (χ3v) is 5.01. The molecule has 0 amide bonds. The van der Waals surface area contributed by atoms with Crippen LogP contribution < -0.4 is 5.32 Å². The molecule has 1 N–H and O–H groups in total. The molecule has 1 aromatic heterocycles. The number of nitrogens with one attached hydrogen (secondary N) is 1. The highest BCUT2D eigenvalue weighted by atomic mass is 79.9. The van der Waals surface area contributed by atoms with Gasteiger partial charge in [0.1, 0.15) is 0 Å². The summed E-state index contributed by atoms with van der Waals surface area (Å²) >= 11 is 9.92. The van der Waals surface area contributed by atoms with Gasteiger partial charge in [-0.25, -0.2) is 0 Å². The fourth-order valence-electron chi connectivity index (χ4n) is 2.49. The van der Waals surface area contributed by atoms with Gasteiger partial charge in [0.2, 0.25) is 0 Å². The van der Waals surface area contributed by atoms with Crippen LogP contribution in [-0.2, 0) is 19.4 Å². The van der Waals surface area contributed by atoms with Crippen LogP contribution in [-0.4, -0.2) is 16.8 Å². The lowest BCUT2D eigenvalue weighted by Gasteiger charge is -2.19. The fraction of sp³-hybridized carbons (Fsp3) is 0.438. The van der Waals surface area contributed by atoms with Crippen molar-refractivity contribution in [2.75, 3.05) is 7.05 Å². The van der Waals surface area contributed by atoms with E-state index < -0.39 is 0 Å². The number of aromatic nitrogens is 2. The Bertz CT molecular complexity index is 610. The standard InChI is InChI=1S/C16H21BrClN3/c1-4-11-9-12(21(5-2)20-11)10-15(19-3)13-7-6-8-14(17)16(13)18/h6-9,15,19H,4-5,10H2,1-3H3. The second kappa shape index (κ2) is 7.43. The van der Waals surface area contributed by atoms with E-state index in [9.17, 15) is 0 Å². The Morgan fingerprint density at radius 2 is 2.14 bits per heavy atom. The lowest BCUT2D eigenvalue weighted by molar-refractivity contribution is 0.540. The topological polar surface area (TPSA) is 29.9 Å². The normalized spacial score (nSPS) is 12.6. The highest BCUT2D eigenvalue weighted by molar-refractivity contribution is 9.10. The van der Waals surface area contributed by atoms with E-state index in [1.54, 1.807) is 0 Å². The van der Waals surface area contributed by atoms with E-state index in [4.69, 9.17) is 11.6 Å². The summed E-state index contributed by atoms with van der Waals surface area (Å²) < 4.78 is 3.01. The molecule has 0 fully saturated rings. The van der Waals surface area contributed by atoms with Crippen molar-refractivity contribution in [3.8, 4) is 0 Å². The van der Waals surface area contributed by atoms with Gasteiger partial charge >= 0.3 is 0 Å². The molecule has 0 bridgehead atoms. The van der Waals surface area contributed by atoms with Gasteiger partial charge in [0.05, 0.1) is 10.7 Å². The monoisotopic (exact) mass is 369 g/mol. The van der Waals surface area contributed by atoms with Crippen LogP contribution in [0.25, 0.3) is 0 Å². The smallest absolute Gasteiger partial charge is 0.0624 e. The molecule has 1 atom stereocenters. The van der Waals surface area contributed by atoms with Crippen LogP contribution in [0.5, 0.6) is 0 Å². The number of benzene rings is 1. The maximum atomic E-state index is 6.43. The van der Waals surface area contributed by atoms with Crippen molar-refractivity contribution >= 4 is 27.5 Å². The highest BCUT2D eigenvalue weighted by Gasteiger charge is 2.17. The predicted molar refractivity (Wildman–Crippen MR) is 91.9 cm³/mol. The second-order valence-corrected chi connectivity index (χ2v) is 6.22. The molecule has 0 saturated heterocycles. The Hall–Kier alpha value is -0.840. The zero-order valence-corrected chi connectivity index (χ0v) is 15.0. The van der Waals surface area contributed by atoms with Gasteiger partial charge in [-0.3, -0.25) is 4.68 Å². The van der Waals surface area contributed by atoms with E-state index in [1.807, 2.05) is 19.2 Å². The molecular formula is C16H21BrClN3. The average molecular weight is 371 g/mol. The zero-order valence-electron chi connectivity index (χ0n) is 12.7. The SMILES string of the molecule is CCc1cc(CC(NC)c2cccc(Br)c2Cl)n(CC)n1. The molecule has 21 heavy (non-hydrogen) atoms. The van der Waals surface area contributed by atoms with Crippen LogP contribution in [0, 0.1) is 0 Å². The van der Waals surface area contributed by atoms with Gasteiger partial charge in [-0.1, -0.05) is 30.7 Å². The van der Waals surface area contributed by atoms with Crippen LogP contribution >= 0.6 is 27.5 Å². The molecule has 1 aromatic carbocycles. The highest BCUT2D eigenvalue weighted by Crippen LogP contribution is 2.31. The van der Waals surface area contributed by atoms with Crippen molar-refractivity contribution in [2.24, 2.45) is 0 Å². The molecule has 0 aliphatic carbocycles. The Kier molecular flexibility index (Phi) is 5.85. The molecule has 5 heteroatoms. The Morgan fingerprint density at radius 1 is 1.38 bits per heavy atom. The van der Waals surface area contributed by atoms with Gasteiger partial charge in [0.25, 0.3) is 0 Å². The molecule has 0 aliphatic heterocycles. The van der Waals surface area contributed by atoms with Crippen molar-refractivity contribution in [2.45, 2.75) is 39.3 Å².